The normalized spacial score (nSPS) is 10.3. The van der Waals surface area contributed by atoms with Gasteiger partial charge in [-0.25, -0.2) is 4.39 Å². The standard InChI is InChI=1S/C11H14FN3/c1-15(6-2-5-13)8-9-3-4-10(14)7-11(9)12/h3-4,7H,2,6,8,14H2,1H3. The number of benzene rings is 1. The van der Waals surface area contributed by atoms with Crippen LogP contribution in [0.2, 0.25) is 0 Å². The van der Waals surface area contributed by atoms with E-state index in [-0.39, 0.29) is 5.82 Å². The van der Waals surface area contributed by atoms with Crippen molar-refractivity contribution in [2.75, 3.05) is 19.3 Å². The van der Waals surface area contributed by atoms with Crippen molar-refractivity contribution in [3.05, 3.63) is 29.6 Å². The Hall–Kier alpha value is -1.60. The van der Waals surface area contributed by atoms with Crippen molar-refractivity contribution in [2.24, 2.45) is 0 Å². The highest BCUT2D eigenvalue weighted by atomic mass is 19.1. The zero-order chi connectivity index (χ0) is 11.3. The van der Waals surface area contributed by atoms with Gasteiger partial charge >= 0.3 is 0 Å². The minimum atomic E-state index is -0.293. The van der Waals surface area contributed by atoms with Crippen molar-refractivity contribution in [3.8, 4) is 6.07 Å². The summed E-state index contributed by atoms with van der Waals surface area (Å²) in [5.74, 6) is -0.293. The highest BCUT2D eigenvalue weighted by Crippen LogP contribution is 2.13. The topological polar surface area (TPSA) is 53.0 Å². The molecule has 0 spiro atoms. The quantitative estimate of drug-likeness (QED) is 0.765. The third-order valence-corrected chi connectivity index (χ3v) is 2.12. The lowest BCUT2D eigenvalue weighted by Crippen LogP contribution is -2.19. The Morgan fingerprint density at radius 2 is 2.27 bits per heavy atom. The van der Waals surface area contributed by atoms with Gasteiger partial charge in [0.15, 0.2) is 0 Å². The van der Waals surface area contributed by atoms with Crippen LogP contribution in [0.1, 0.15) is 12.0 Å². The number of halogens is 1. The van der Waals surface area contributed by atoms with E-state index < -0.39 is 0 Å². The highest BCUT2D eigenvalue weighted by Gasteiger charge is 2.05. The van der Waals surface area contributed by atoms with Gasteiger partial charge in [-0.2, -0.15) is 5.26 Å². The van der Waals surface area contributed by atoms with E-state index in [0.717, 1.165) is 0 Å². The summed E-state index contributed by atoms with van der Waals surface area (Å²) >= 11 is 0. The first-order valence-corrected chi connectivity index (χ1v) is 4.73. The van der Waals surface area contributed by atoms with Crippen LogP contribution in [-0.2, 0) is 6.54 Å². The molecule has 0 aliphatic carbocycles. The molecule has 0 aliphatic rings. The molecule has 0 atom stereocenters. The first-order chi connectivity index (χ1) is 7.13. The van der Waals surface area contributed by atoms with Gasteiger partial charge in [0.05, 0.1) is 6.07 Å². The fourth-order valence-corrected chi connectivity index (χ4v) is 1.30. The average molecular weight is 207 g/mol. The molecule has 0 amide bonds. The summed E-state index contributed by atoms with van der Waals surface area (Å²) in [4.78, 5) is 1.90. The first-order valence-electron chi connectivity index (χ1n) is 4.73. The zero-order valence-corrected chi connectivity index (χ0v) is 8.70. The fraction of sp³-hybridized carbons (Fsp3) is 0.364. The number of nitriles is 1. The summed E-state index contributed by atoms with van der Waals surface area (Å²) in [7, 11) is 1.85. The summed E-state index contributed by atoms with van der Waals surface area (Å²) < 4.78 is 13.4. The number of nitrogens with zero attached hydrogens (tertiary/aromatic N) is 2. The first kappa shape index (κ1) is 11.5. The Bertz CT molecular complexity index is 371. The summed E-state index contributed by atoms with van der Waals surface area (Å²) in [6, 6.07) is 6.72. The predicted molar refractivity (Wildman–Crippen MR) is 57.4 cm³/mol. The molecule has 1 aromatic carbocycles. The van der Waals surface area contributed by atoms with E-state index in [1.54, 1.807) is 12.1 Å². The van der Waals surface area contributed by atoms with Gasteiger partial charge in [-0.15, -0.1) is 0 Å². The Kier molecular flexibility index (Phi) is 4.07. The largest absolute Gasteiger partial charge is 0.399 e. The minimum absolute atomic E-state index is 0.293. The van der Waals surface area contributed by atoms with E-state index in [1.807, 2.05) is 11.9 Å². The van der Waals surface area contributed by atoms with Gasteiger partial charge in [-0.1, -0.05) is 6.07 Å². The number of nitrogens with two attached hydrogens (primary N) is 1. The number of rotatable bonds is 4. The van der Waals surface area contributed by atoms with E-state index >= 15 is 0 Å². The van der Waals surface area contributed by atoms with Gasteiger partial charge in [-0.3, -0.25) is 0 Å². The average Bonchev–Trinajstić information content (AvgIpc) is 2.19. The molecule has 15 heavy (non-hydrogen) atoms. The van der Waals surface area contributed by atoms with E-state index in [9.17, 15) is 4.39 Å². The molecule has 0 saturated carbocycles. The molecule has 0 bridgehead atoms. The van der Waals surface area contributed by atoms with Crippen LogP contribution in [0.5, 0.6) is 0 Å². The van der Waals surface area contributed by atoms with Gasteiger partial charge < -0.3 is 10.6 Å². The molecule has 0 aromatic heterocycles. The molecular formula is C11H14FN3. The lowest BCUT2D eigenvalue weighted by atomic mass is 10.2. The van der Waals surface area contributed by atoms with Crippen molar-refractivity contribution in [2.45, 2.75) is 13.0 Å². The highest BCUT2D eigenvalue weighted by molar-refractivity contribution is 5.40. The van der Waals surface area contributed by atoms with Gasteiger partial charge in [-0.05, 0) is 19.2 Å². The summed E-state index contributed by atoms with van der Waals surface area (Å²) in [6.45, 7) is 1.13. The Balaban J connectivity index is 2.61. The second-order valence-corrected chi connectivity index (χ2v) is 3.50. The Morgan fingerprint density at radius 3 is 2.87 bits per heavy atom. The lowest BCUT2D eigenvalue weighted by Gasteiger charge is -2.15. The van der Waals surface area contributed by atoms with Crippen LogP contribution < -0.4 is 5.73 Å². The molecule has 0 unspecified atom stereocenters. The van der Waals surface area contributed by atoms with Crippen molar-refractivity contribution in [1.29, 1.82) is 5.26 Å². The molecule has 2 N–H and O–H groups in total. The second-order valence-electron chi connectivity index (χ2n) is 3.50. The summed E-state index contributed by atoms with van der Waals surface area (Å²) in [6.07, 6.45) is 0.451. The molecule has 0 heterocycles. The van der Waals surface area contributed by atoms with Crippen molar-refractivity contribution in [3.63, 3.8) is 0 Å². The Morgan fingerprint density at radius 1 is 1.53 bits per heavy atom. The molecule has 1 rings (SSSR count). The van der Waals surface area contributed by atoms with E-state index in [4.69, 9.17) is 11.0 Å². The third-order valence-electron chi connectivity index (χ3n) is 2.12. The lowest BCUT2D eigenvalue weighted by molar-refractivity contribution is 0.329. The van der Waals surface area contributed by atoms with Crippen molar-refractivity contribution < 1.29 is 4.39 Å². The van der Waals surface area contributed by atoms with Crippen LogP contribution in [0.15, 0.2) is 18.2 Å². The predicted octanol–water partition coefficient (Wildman–Crippen LogP) is 1.75. The van der Waals surface area contributed by atoms with Crippen LogP contribution in [0.25, 0.3) is 0 Å². The molecule has 1 aromatic rings. The van der Waals surface area contributed by atoms with Crippen LogP contribution in [0, 0.1) is 17.1 Å². The molecule has 80 valence electrons. The minimum Gasteiger partial charge on any atom is -0.399 e. The maximum Gasteiger partial charge on any atom is 0.129 e. The molecule has 4 heteroatoms. The van der Waals surface area contributed by atoms with Gasteiger partial charge in [0.25, 0.3) is 0 Å². The van der Waals surface area contributed by atoms with E-state index in [0.29, 0.717) is 30.8 Å². The molecular weight excluding hydrogens is 193 g/mol. The van der Waals surface area contributed by atoms with Crippen LogP contribution in [0.3, 0.4) is 0 Å². The van der Waals surface area contributed by atoms with E-state index in [1.165, 1.54) is 6.07 Å². The van der Waals surface area contributed by atoms with Crippen LogP contribution in [-0.4, -0.2) is 18.5 Å². The second kappa shape index (κ2) is 5.32. The smallest absolute Gasteiger partial charge is 0.129 e. The van der Waals surface area contributed by atoms with Gasteiger partial charge in [0.1, 0.15) is 5.82 Å². The van der Waals surface area contributed by atoms with Crippen molar-refractivity contribution >= 4 is 5.69 Å². The van der Waals surface area contributed by atoms with Crippen molar-refractivity contribution in [1.82, 2.24) is 4.90 Å². The molecule has 0 fully saturated rings. The summed E-state index contributed by atoms with van der Waals surface area (Å²) in [5, 5.41) is 8.40. The third kappa shape index (κ3) is 3.56. The molecule has 0 radical (unpaired) electrons. The molecule has 0 saturated heterocycles. The van der Waals surface area contributed by atoms with Crippen LogP contribution in [0.4, 0.5) is 10.1 Å². The Labute approximate surface area is 88.9 Å². The maximum atomic E-state index is 13.4. The van der Waals surface area contributed by atoms with Crippen LogP contribution >= 0.6 is 0 Å². The SMILES string of the molecule is CN(CCC#N)Cc1ccc(N)cc1F. The molecule has 3 nitrogen and oxygen atoms in total. The fourth-order valence-electron chi connectivity index (χ4n) is 1.30. The number of nitrogen functional groups attached to an aromatic ring is 1. The van der Waals surface area contributed by atoms with E-state index in [2.05, 4.69) is 6.07 Å². The van der Waals surface area contributed by atoms with Gasteiger partial charge in [0, 0.05) is 30.8 Å². The van der Waals surface area contributed by atoms with Gasteiger partial charge in [0.2, 0.25) is 0 Å². The number of anilines is 1. The number of hydrogen-bond acceptors (Lipinski definition) is 3. The number of hydrogen-bond donors (Lipinski definition) is 1. The maximum absolute atomic E-state index is 13.4. The summed E-state index contributed by atoms with van der Waals surface area (Å²) in [5.41, 5.74) is 6.47. The molecule has 0 aliphatic heterocycles. The zero-order valence-electron chi connectivity index (χ0n) is 8.70. The monoisotopic (exact) mass is 207 g/mol.